The van der Waals surface area contributed by atoms with Crippen LogP contribution in [-0.4, -0.2) is 22.9 Å². The highest BCUT2D eigenvalue weighted by atomic mass is 16.5. The normalized spacial score (nSPS) is 12.9. The van der Waals surface area contributed by atoms with Gasteiger partial charge in [-0.05, 0) is 36.5 Å². The Morgan fingerprint density at radius 2 is 1.53 bits per heavy atom. The average Bonchev–Trinajstić information content (AvgIpc) is 2.79. The molecule has 7 nitrogen and oxygen atoms in total. The SMILES string of the molecule is CC(=O)N(NC(=O)[C@H](CC(C)C)[C@H](C/C=C/c1ccccc1)C(=O)NO)c1ccccc1. The molecule has 0 saturated carbocycles. The molecule has 0 unspecified atom stereocenters. The molecule has 3 amide bonds. The van der Waals surface area contributed by atoms with E-state index in [1.807, 2.05) is 62.4 Å². The third kappa shape index (κ3) is 7.35. The van der Waals surface area contributed by atoms with Gasteiger partial charge in [-0.15, -0.1) is 0 Å². The van der Waals surface area contributed by atoms with Gasteiger partial charge >= 0.3 is 0 Å². The molecule has 2 aromatic carbocycles. The summed E-state index contributed by atoms with van der Waals surface area (Å²) in [4.78, 5) is 38.0. The Labute approximate surface area is 189 Å². The van der Waals surface area contributed by atoms with Crippen LogP contribution in [0.4, 0.5) is 5.69 Å². The maximum absolute atomic E-state index is 13.3. The quantitative estimate of drug-likeness (QED) is 0.408. The van der Waals surface area contributed by atoms with E-state index in [2.05, 4.69) is 5.43 Å². The van der Waals surface area contributed by atoms with Gasteiger partial charge in [-0.2, -0.15) is 0 Å². The molecule has 2 rings (SSSR count). The van der Waals surface area contributed by atoms with Crippen molar-refractivity contribution in [2.45, 2.75) is 33.6 Å². The largest absolute Gasteiger partial charge is 0.289 e. The third-order valence-electron chi connectivity index (χ3n) is 5.05. The lowest BCUT2D eigenvalue weighted by Crippen LogP contribution is -2.50. The van der Waals surface area contributed by atoms with Crippen molar-refractivity contribution in [3.05, 3.63) is 72.3 Å². The summed E-state index contributed by atoms with van der Waals surface area (Å²) >= 11 is 0. The maximum Gasteiger partial charge on any atom is 0.247 e. The standard InChI is InChI=1S/C25H31N3O4/c1-18(2)17-23(24(30)26-28(19(3)29)21-14-8-5-9-15-21)22(25(31)27-32)16-10-13-20-11-6-4-7-12-20/h4-15,18,22-23,32H,16-17H2,1-3H3,(H,26,30)(H,27,31)/b13-10+/t22-,23+/m0/s1. The van der Waals surface area contributed by atoms with E-state index in [-0.39, 0.29) is 18.2 Å². The number of benzene rings is 2. The van der Waals surface area contributed by atoms with E-state index in [9.17, 15) is 19.6 Å². The first-order valence-electron chi connectivity index (χ1n) is 10.6. The van der Waals surface area contributed by atoms with Crippen molar-refractivity contribution < 1.29 is 19.6 Å². The Kier molecular flexibility index (Phi) is 9.63. The van der Waals surface area contributed by atoms with Crippen LogP contribution in [0, 0.1) is 17.8 Å². The summed E-state index contributed by atoms with van der Waals surface area (Å²) in [6.07, 6.45) is 4.34. The Morgan fingerprint density at radius 3 is 2.06 bits per heavy atom. The van der Waals surface area contributed by atoms with Gasteiger partial charge in [0, 0.05) is 6.92 Å². The second-order valence-corrected chi connectivity index (χ2v) is 8.03. The number of hydrogen-bond donors (Lipinski definition) is 3. The van der Waals surface area contributed by atoms with Crippen LogP contribution in [0.3, 0.4) is 0 Å². The van der Waals surface area contributed by atoms with Crippen molar-refractivity contribution >= 4 is 29.5 Å². The maximum atomic E-state index is 13.3. The predicted octanol–water partition coefficient (Wildman–Crippen LogP) is 3.96. The molecule has 3 N–H and O–H groups in total. The first-order valence-corrected chi connectivity index (χ1v) is 10.6. The topological polar surface area (TPSA) is 98.7 Å². The van der Waals surface area contributed by atoms with Gasteiger partial charge in [0.15, 0.2) is 0 Å². The number of allylic oxidation sites excluding steroid dienone is 1. The zero-order valence-corrected chi connectivity index (χ0v) is 18.7. The van der Waals surface area contributed by atoms with Gasteiger partial charge in [-0.3, -0.25) is 25.0 Å². The van der Waals surface area contributed by atoms with Crippen LogP contribution in [0.1, 0.15) is 39.2 Å². The fraction of sp³-hybridized carbons (Fsp3) is 0.320. The van der Waals surface area contributed by atoms with E-state index in [0.717, 1.165) is 5.56 Å². The molecule has 170 valence electrons. The zero-order chi connectivity index (χ0) is 23.5. The van der Waals surface area contributed by atoms with Crippen molar-refractivity contribution in [3.63, 3.8) is 0 Å². The van der Waals surface area contributed by atoms with E-state index in [4.69, 9.17) is 0 Å². The number of hydrogen-bond acceptors (Lipinski definition) is 4. The summed E-state index contributed by atoms with van der Waals surface area (Å²) in [5.74, 6) is -2.92. The molecule has 2 atom stereocenters. The minimum absolute atomic E-state index is 0.111. The van der Waals surface area contributed by atoms with Crippen LogP contribution in [0.15, 0.2) is 66.7 Å². The molecule has 0 heterocycles. The smallest absolute Gasteiger partial charge is 0.247 e. The van der Waals surface area contributed by atoms with Crippen LogP contribution in [0.5, 0.6) is 0 Å². The van der Waals surface area contributed by atoms with E-state index < -0.39 is 23.7 Å². The highest BCUT2D eigenvalue weighted by molar-refractivity contribution is 5.96. The second-order valence-electron chi connectivity index (χ2n) is 8.03. The summed E-state index contributed by atoms with van der Waals surface area (Å²) in [6, 6.07) is 18.3. The van der Waals surface area contributed by atoms with Crippen LogP contribution >= 0.6 is 0 Å². The Morgan fingerprint density at radius 1 is 0.938 bits per heavy atom. The van der Waals surface area contributed by atoms with Crippen LogP contribution in [0.2, 0.25) is 0 Å². The van der Waals surface area contributed by atoms with Gasteiger partial charge in [0.1, 0.15) is 0 Å². The lowest BCUT2D eigenvalue weighted by molar-refractivity contribution is -0.141. The van der Waals surface area contributed by atoms with E-state index in [1.54, 1.807) is 29.7 Å². The van der Waals surface area contributed by atoms with Gasteiger partial charge in [-0.25, -0.2) is 10.5 Å². The summed E-state index contributed by atoms with van der Waals surface area (Å²) in [5, 5.41) is 10.5. The first kappa shape index (κ1) is 24.8. The number of hydrazine groups is 1. The fourth-order valence-corrected chi connectivity index (χ4v) is 3.51. The fourth-order valence-electron chi connectivity index (χ4n) is 3.51. The number of hydroxylamine groups is 1. The lowest BCUT2D eigenvalue weighted by atomic mass is 9.82. The minimum atomic E-state index is -0.813. The molecule has 0 aliphatic rings. The number of amides is 3. The molecule has 0 radical (unpaired) electrons. The van der Waals surface area contributed by atoms with E-state index in [1.165, 1.54) is 11.9 Å². The highest BCUT2D eigenvalue weighted by Crippen LogP contribution is 2.26. The highest BCUT2D eigenvalue weighted by Gasteiger charge is 2.34. The van der Waals surface area contributed by atoms with Crippen LogP contribution in [-0.2, 0) is 14.4 Å². The number of anilines is 1. The van der Waals surface area contributed by atoms with Crippen molar-refractivity contribution in [3.8, 4) is 0 Å². The molecule has 0 fully saturated rings. The summed E-state index contributed by atoms with van der Waals surface area (Å²) in [7, 11) is 0. The predicted molar refractivity (Wildman–Crippen MR) is 124 cm³/mol. The zero-order valence-electron chi connectivity index (χ0n) is 18.7. The number of para-hydroxylation sites is 1. The number of carbonyl (C=O) groups is 3. The second kappa shape index (κ2) is 12.4. The minimum Gasteiger partial charge on any atom is -0.289 e. The van der Waals surface area contributed by atoms with Gasteiger partial charge in [0.25, 0.3) is 0 Å². The summed E-state index contributed by atoms with van der Waals surface area (Å²) in [6.45, 7) is 5.26. The van der Waals surface area contributed by atoms with E-state index >= 15 is 0 Å². The van der Waals surface area contributed by atoms with Crippen molar-refractivity contribution in [1.82, 2.24) is 10.9 Å². The molecule has 0 aliphatic heterocycles. The molecule has 2 aromatic rings. The Balaban J connectivity index is 2.27. The van der Waals surface area contributed by atoms with E-state index in [0.29, 0.717) is 12.1 Å². The van der Waals surface area contributed by atoms with Gasteiger partial charge in [0.2, 0.25) is 17.7 Å². The van der Waals surface area contributed by atoms with Crippen molar-refractivity contribution in [2.75, 3.05) is 5.01 Å². The summed E-state index contributed by atoms with van der Waals surface area (Å²) < 4.78 is 0. The number of carbonyl (C=O) groups excluding carboxylic acids is 3. The van der Waals surface area contributed by atoms with Gasteiger partial charge < -0.3 is 0 Å². The molecule has 0 aromatic heterocycles. The van der Waals surface area contributed by atoms with Crippen LogP contribution in [0.25, 0.3) is 6.08 Å². The molecular formula is C25H31N3O4. The Bertz CT molecular complexity index is 913. The molecule has 0 aliphatic carbocycles. The number of rotatable bonds is 9. The third-order valence-corrected chi connectivity index (χ3v) is 5.05. The molecule has 0 spiro atoms. The van der Waals surface area contributed by atoms with Crippen molar-refractivity contribution in [1.29, 1.82) is 0 Å². The van der Waals surface area contributed by atoms with Gasteiger partial charge in [-0.1, -0.05) is 74.5 Å². The summed E-state index contributed by atoms with van der Waals surface area (Å²) in [5.41, 5.74) is 5.84. The van der Waals surface area contributed by atoms with Gasteiger partial charge in [0.05, 0.1) is 17.5 Å². The lowest BCUT2D eigenvalue weighted by Gasteiger charge is -2.29. The first-order chi connectivity index (χ1) is 15.3. The Hall–Kier alpha value is -3.45. The average molecular weight is 438 g/mol. The monoisotopic (exact) mass is 437 g/mol. The number of nitrogens with zero attached hydrogens (tertiary/aromatic N) is 1. The molecule has 0 bridgehead atoms. The van der Waals surface area contributed by atoms with Crippen molar-refractivity contribution in [2.24, 2.45) is 17.8 Å². The number of nitrogens with one attached hydrogen (secondary N) is 2. The molecule has 7 heteroatoms. The van der Waals surface area contributed by atoms with Crippen LogP contribution < -0.4 is 15.9 Å². The molecule has 32 heavy (non-hydrogen) atoms. The molecule has 0 saturated heterocycles. The molecular weight excluding hydrogens is 406 g/mol.